The molecule has 12 nitrogen and oxygen atoms in total. The van der Waals surface area contributed by atoms with Crippen molar-refractivity contribution >= 4 is 5.95 Å². The SMILES string of the molecule is CCCCOCC(O)COc1ccc(-c2nc(-c3ccc(OCC(O)COCCCC)cc3O)nc(N(CC(CC)CCCC)CC(CC)CCCC)n2)c(O)c1. The van der Waals surface area contributed by atoms with Crippen LogP contribution < -0.4 is 14.4 Å². The Balaban J connectivity index is 2.02. The number of nitrogens with zero attached hydrogens (tertiary/aromatic N) is 4. The van der Waals surface area contributed by atoms with Gasteiger partial charge in [0.1, 0.15) is 48.4 Å². The summed E-state index contributed by atoms with van der Waals surface area (Å²) >= 11 is 0. The third-order valence-electron chi connectivity index (χ3n) is 10.2. The fraction of sp³-hybridized carbons (Fsp3) is 0.667. The Kier molecular flexibility index (Phi) is 22.6. The minimum atomic E-state index is -0.809. The van der Waals surface area contributed by atoms with Gasteiger partial charge in [-0.15, -0.1) is 0 Å². The quantitative estimate of drug-likeness (QED) is 0.0459. The number of hydrogen-bond acceptors (Lipinski definition) is 12. The minimum absolute atomic E-state index is 0.0118. The molecule has 0 aliphatic heterocycles. The third-order valence-corrected chi connectivity index (χ3v) is 10.2. The van der Waals surface area contributed by atoms with E-state index in [9.17, 15) is 20.4 Å². The average Bonchev–Trinajstić information content (AvgIpc) is 3.21. The van der Waals surface area contributed by atoms with E-state index in [2.05, 4.69) is 46.4 Å². The number of benzene rings is 2. The first-order chi connectivity index (χ1) is 27.6. The van der Waals surface area contributed by atoms with Gasteiger partial charge in [-0.3, -0.25) is 0 Å². The predicted octanol–water partition coefficient (Wildman–Crippen LogP) is 8.97. The van der Waals surface area contributed by atoms with Crippen molar-refractivity contribution in [1.29, 1.82) is 0 Å². The van der Waals surface area contributed by atoms with Crippen LogP contribution in [0.2, 0.25) is 0 Å². The van der Waals surface area contributed by atoms with Crippen LogP contribution in [0.15, 0.2) is 36.4 Å². The second-order valence-electron chi connectivity index (χ2n) is 15.2. The van der Waals surface area contributed by atoms with Crippen molar-refractivity contribution in [1.82, 2.24) is 15.0 Å². The zero-order chi connectivity index (χ0) is 41.4. The molecule has 2 aromatic carbocycles. The van der Waals surface area contributed by atoms with Gasteiger partial charge in [0.25, 0.3) is 0 Å². The van der Waals surface area contributed by atoms with E-state index in [1.807, 2.05) is 0 Å². The Labute approximate surface area is 342 Å². The van der Waals surface area contributed by atoms with E-state index in [-0.39, 0.29) is 49.6 Å². The molecule has 0 saturated heterocycles. The van der Waals surface area contributed by atoms with Gasteiger partial charge in [-0.1, -0.05) is 92.9 Å². The molecule has 0 aliphatic carbocycles. The lowest BCUT2D eigenvalue weighted by atomic mass is 9.96. The highest BCUT2D eigenvalue weighted by atomic mass is 16.5. The maximum absolute atomic E-state index is 11.4. The molecule has 0 radical (unpaired) electrons. The first kappa shape index (κ1) is 47.7. The summed E-state index contributed by atoms with van der Waals surface area (Å²) in [5, 5.41) is 43.4. The third kappa shape index (κ3) is 17.0. The van der Waals surface area contributed by atoms with E-state index in [1.165, 1.54) is 12.1 Å². The van der Waals surface area contributed by atoms with Crippen LogP contribution in [-0.4, -0.2) is 100 Å². The molecule has 0 saturated carbocycles. The number of aliphatic hydroxyl groups is 2. The first-order valence-corrected chi connectivity index (χ1v) is 21.6. The molecule has 4 atom stereocenters. The van der Waals surface area contributed by atoms with Crippen molar-refractivity contribution in [3.8, 4) is 45.8 Å². The second kappa shape index (κ2) is 27.1. The number of aromatic nitrogens is 3. The summed E-state index contributed by atoms with van der Waals surface area (Å²) in [7, 11) is 0. The monoisotopic (exact) mass is 797 g/mol. The smallest absolute Gasteiger partial charge is 0.229 e. The summed E-state index contributed by atoms with van der Waals surface area (Å²) in [6.45, 7) is 16.1. The largest absolute Gasteiger partial charge is 0.507 e. The van der Waals surface area contributed by atoms with Gasteiger partial charge in [-0.05, 0) is 61.8 Å². The lowest BCUT2D eigenvalue weighted by molar-refractivity contribution is 0.0113. The minimum Gasteiger partial charge on any atom is -0.507 e. The Morgan fingerprint density at radius 2 is 0.982 bits per heavy atom. The van der Waals surface area contributed by atoms with Crippen molar-refractivity contribution in [2.24, 2.45) is 11.8 Å². The zero-order valence-electron chi connectivity index (χ0n) is 35.6. The summed E-state index contributed by atoms with van der Waals surface area (Å²) in [5.74, 6) is 2.44. The van der Waals surface area contributed by atoms with Crippen molar-refractivity contribution in [2.45, 2.75) is 131 Å². The molecule has 3 aromatic rings. The van der Waals surface area contributed by atoms with Crippen LogP contribution >= 0.6 is 0 Å². The summed E-state index contributed by atoms with van der Waals surface area (Å²) < 4.78 is 22.6. The van der Waals surface area contributed by atoms with Gasteiger partial charge in [-0.25, -0.2) is 4.98 Å². The number of anilines is 1. The van der Waals surface area contributed by atoms with Gasteiger partial charge < -0.3 is 44.3 Å². The van der Waals surface area contributed by atoms with Crippen LogP contribution in [0.4, 0.5) is 5.95 Å². The maximum Gasteiger partial charge on any atom is 0.229 e. The first-order valence-electron chi connectivity index (χ1n) is 21.6. The molecule has 0 bridgehead atoms. The van der Waals surface area contributed by atoms with Gasteiger partial charge in [0, 0.05) is 38.4 Å². The van der Waals surface area contributed by atoms with Crippen LogP contribution in [0, 0.1) is 11.8 Å². The fourth-order valence-electron chi connectivity index (χ4n) is 6.44. The molecule has 1 aromatic heterocycles. The number of aromatic hydroxyl groups is 2. The molecule has 320 valence electrons. The molecule has 4 N–H and O–H groups in total. The van der Waals surface area contributed by atoms with E-state index < -0.39 is 12.2 Å². The van der Waals surface area contributed by atoms with Gasteiger partial charge in [-0.2, -0.15) is 9.97 Å². The standard InChI is InChI=1S/C45H72N4O8/c1-7-13-17-33(11-5)27-49(28-34(12-6)18-14-8-2)45-47-43(39-21-19-37(25-41(39)52)56-31-35(50)29-54-23-15-9-3)46-44(48-45)40-22-20-38(26-42(40)53)57-32-36(51)30-55-24-16-10-4/h19-22,25-26,33-36,50-53H,7-18,23-24,27-32H2,1-6H3. The number of phenols is 2. The second-order valence-corrected chi connectivity index (χ2v) is 15.2. The average molecular weight is 797 g/mol. The van der Waals surface area contributed by atoms with Crippen LogP contribution in [0.1, 0.15) is 119 Å². The van der Waals surface area contributed by atoms with Gasteiger partial charge in [0.2, 0.25) is 5.95 Å². The van der Waals surface area contributed by atoms with Crippen LogP contribution in [0.5, 0.6) is 23.0 Å². The van der Waals surface area contributed by atoms with Gasteiger partial charge in [0.05, 0.1) is 24.3 Å². The Morgan fingerprint density at radius 1 is 0.561 bits per heavy atom. The number of aliphatic hydroxyl groups excluding tert-OH is 2. The van der Waals surface area contributed by atoms with E-state index in [0.717, 1.165) is 90.1 Å². The molecule has 0 spiro atoms. The molecule has 1 heterocycles. The van der Waals surface area contributed by atoms with Crippen molar-refractivity contribution in [2.75, 3.05) is 57.6 Å². The molecular formula is C45H72N4O8. The summed E-state index contributed by atoms with van der Waals surface area (Å²) in [4.78, 5) is 17.1. The van der Waals surface area contributed by atoms with Gasteiger partial charge in [0.15, 0.2) is 11.6 Å². The van der Waals surface area contributed by atoms with Crippen molar-refractivity contribution in [3.63, 3.8) is 0 Å². The maximum atomic E-state index is 11.4. The Morgan fingerprint density at radius 3 is 1.35 bits per heavy atom. The molecule has 12 heteroatoms. The zero-order valence-corrected chi connectivity index (χ0v) is 35.6. The van der Waals surface area contributed by atoms with Crippen LogP contribution in [0.25, 0.3) is 22.8 Å². The van der Waals surface area contributed by atoms with Crippen LogP contribution in [-0.2, 0) is 9.47 Å². The van der Waals surface area contributed by atoms with Crippen LogP contribution in [0.3, 0.4) is 0 Å². The topological polar surface area (TPSA) is 160 Å². The molecule has 0 amide bonds. The summed E-state index contributed by atoms with van der Waals surface area (Å²) in [6.07, 6.45) is 11.1. The Bertz CT molecular complexity index is 1440. The lowest BCUT2D eigenvalue weighted by Crippen LogP contribution is -2.35. The molecular weight excluding hydrogens is 725 g/mol. The predicted molar refractivity (Wildman–Crippen MR) is 227 cm³/mol. The highest BCUT2D eigenvalue weighted by Crippen LogP contribution is 2.36. The molecule has 0 aliphatic rings. The molecule has 0 fully saturated rings. The fourth-order valence-corrected chi connectivity index (χ4v) is 6.44. The number of unbranched alkanes of at least 4 members (excludes halogenated alkanes) is 4. The number of phenolic OH excluding ortho intramolecular Hbond substituents is 2. The van der Waals surface area contributed by atoms with Crippen molar-refractivity contribution in [3.05, 3.63) is 36.4 Å². The molecule has 57 heavy (non-hydrogen) atoms. The summed E-state index contributed by atoms with van der Waals surface area (Å²) in [5.41, 5.74) is 0.752. The van der Waals surface area contributed by atoms with E-state index in [4.69, 9.17) is 33.9 Å². The van der Waals surface area contributed by atoms with Gasteiger partial charge >= 0.3 is 0 Å². The van der Waals surface area contributed by atoms with Crippen molar-refractivity contribution < 1.29 is 39.4 Å². The number of hydrogen-bond donors (Lipinski definition) is 4. The van der Waals surface area contributed by atoms with E-state index in [1.54, 1.807) is 24.3 Å². The highest BCUT2D eigenvalue weighted by molar-refractivity contribution is 5.71. The Hall–Kier alpha value is -3.71. The van der Waals surface area contributed by atoms with E-state index >= 15 is 0 Å². The normalized spacial score (nSPS) is 13.6. The highest BCUT2D eigenvalue weighted by Gasteiger charge is 2.24. The molecule has 3 rings (SSSR count). The lowest BCUT2D eigenvalue weighted by Gasteiger charge is -2.31. The molecule has 4 unspecified atom stereocenters. The van der Waals surface area contributed by atoms with E-state index in [0.29, 0.717) is 53.6 Å². The summed E-state index contributed by atoms with van der Waals surface area (Å²) in [6, 6.07) is 9.80. The number of rotatable bonds is 31. The number of ether oxygens (including phenoxy) is 4.